The molecule has 0 spiro atoms. The van der Waals surface area contributed by atoms with Gasteiger partial charge < -0.3 is 0 Å². The van der Waals surface area contributed by atoms with E-state index in [1.807, 2.05) is 6.07 Å². The smallest absolute Gasteiger partial charge is 0.282 e. The second-order valence-electron chi connectivity index (χ2n) is 3.66. The Morgan fingerprint density at radius 2 is 1.65 bits per heavy atom. The zero-order chi connectivity index (χ0) is 12.9. The minimum atomic E-state index is -4.13. The van der Waals surface area contributed by atoms with Crippen molar-refractivity contribution in [1.29, 1.82) is 0 Å². The van der Waals surface area contributed by atoms with Crippen molar-refractivity contribution in [2.75, 3.05) is 0 Å². The minimum absolute atomic E-state index is 0.0457. The maximum absolute atomic E-state index is 11.0. The summed E-state index contributed by atoms with van der Waals surface area (Å²) in [5.41, 5.74) is 0. The van der Waals surface area contributed by atoms with Crippen molar-refractivity contribution in [1.82, 2.24) is 0 Å². The van der Waals surface area contributed by atoms with Gasteiger partial charge in [-0.05, 0) is 11.5 Å². The van der Waals surface area contributed by atoms with Gasteiger partial charge in [-0.25, -0.2) is 0 Å². The fourth-order valence-electron chi connectivity index (χ4n) is 1.42. The average Bonchev–Trinajstić information content (AvgIpc) is 2.28. The zero-order valence-electron chi connectivity index (χ0n) is 9.92. The molecule has 0 heterocycles. The summed E-state index contributed by atoms with van der Waals surface area (Å²) in [5.74, 6) is 0. The number of hydrogen-bond donors (Lipinski definition) is 1. The Morgan fingerprint density at radius 3 is 2.24 bits per heavy atom. The molecule has 0 unspecified atom stereocenters. The molecule has 0 amide bonds. The molecule has 0 saturated heterocycles. The fraction of sp³-hybridized carbons (Fsp3) is 0.167. The van der Waals surface area contributed by atoms with Crippen LogP contribution in [-0.2, 0) is 10.1 Å². The molecule has 5 heteroatoms. The van der Waals surface area contributed by atoms with E-state index >= 15 is 0 Å². The quantitative estimate of drug-likeness (QED) is 0.633. The van der Waals surface area contributed by atoms with Gasteiger partial charge in [0.05, 0.1) is 0 Å². The van der Waals surface area contributed by atoms with Gasteiger partial charge >= 0.3 is 38.5 Å². The van der Waals surface area contributed by atoms with E-state index in [1.165, 1.54) is 37.7 Å². The van der Waals surface area contributed by atoms with Gasteiger partial charge in [0.2, 0.25) is 0 Å². The predicted molar refractivity (Wildman–Crippen MR) is 70.0 cm³/mol. The second kappa shape index (κ2) is 6.52. The Labute approximate surface area is 119 Å². The maximum Gasteiger partial charge on any atom is 0.295 e. The van der Waals surface area contributed by atoms with Gasteiger partial charge in [-0.3, -0.25) is 4.55 Å². The molecule has 86 valence electrons. The van der Waals surface area contributed by atoms with E-state index in [4.69, 9.17) is 4.55 Å². The molecule has 0 aliphatic rings. The third-order valence-electron chi connectivity index (χ3n) is 2.03. The zero-order valence-corrected chi connectivity index (χ0v) is 12.7. The largest absolute Gasteiger partial charge is 0.295 e. The van der Waals surface area contributed by atoms with E-state index in [0.717, 1.165) is 5.39 Å². The molecule has 0 saturated carbocycles. The van der Waals surface area contributed by atoms with Gasteiger partial charge in [-0.2, -0.15) is 8.42 Å². The normalized spacial score (nSPS) is 10.8. The SMILES string of the molecule is C[CH2][Na].O=S(=O)(O)c1cccc2ccccc12. The number of hydrogen-bond acceptors (Lipinski definition) is 2. The van der Waals surface area contributed by atoms with Crippen LogP contribution in [-0.4, -0.2) is 40.9 Å². The van der Waals surface area contributed by atoms with E-state index in [1.54, 1.807) is 30.3 Å². The summed E-state index contributed by atoms with van der Waals surface area (Å²) in [6.07, 6.45) is 0. The molecular weight excluding hydrogens is 247 g/mol. The Hall–Kier alpha value is -0.390. The van der Waals surface area contributed by atoms with Gasteiger partial charge in [-0.15, -0.1) is 0 Å². The van der Waals surface area contributed by atoms with Crippen molar-refractivity contribution in [2.24, 2.45) is 0 Å². The molecular formula is C12H13NaO3S. The van der Waals surface area contributed by atoms with Gasteiger partial charge in [0, 0.05) is 5.39 Å². The molecule has 17 heavy (non-hydrogen) atoms. The maximum atomic E-state index is 11.0. The number of fused-ring (bicyclic) bond motifs is 1. The summed E-state index contributed by atoms with van der Waals surface area (Å²) >= 11 is 1.37. The molecule has 3 nitrogen and oxygen atoms in total. The molecule has 0 aromatic heterocycles. The summed E-state index contributed by atoms with van der Waals surface area (Å²) in [5, 5.41) is 1.33. The van der Waals surface area contributed by atoms with Crippen LogP contribution >= 0.6 is 0 Å². The van der Waals surface area contributed by atoms with Crippen molar-refractivity contribution < 1.29 is 13.0 Å². The minimum Gasteiger partial charge on any atom is -0.282 e. The molecule has 2 rings (SSSR count). The molecule has 1 N–H and O–H groups in total. The summed E-state index contributed by atoms with van der Waals surface area (Å²) in [7, 11) is -4.13. The molecule has 0 radical (unpaired) electrons. The Morgan fingerprint density at radius 1 is 1.12 bits per heavy atom. The van der Waals surface area contributed by atoms with Gasteiger partial charge in [-0.1, -0.05) is 36.4 Å². The van der Waals surface area contributed by atoms with Crippen LogP contribution in [0.4, 0.5) is 0 Å². The Balaban J connectivity index is 0.000000437. The first-order valence-electron chi connectivity index (χ1n) is 5.46. The van der Waals surface area contributed by atoms with Crippen molar-refractivity contribution in [3.05, 3.63) is 42.5 Å². The molecule has 0 atom stereocenters. The van der Waals surface area contributed by atoms with Crippen LogP contribution in [0.3, 0.4) is 0 Å². The van der Waals surface area contributed by atoms with E-state index in [-0.39, 0.29) is 4.90 Å². The standard InChI is InChI=1S/C10H8O3S.C2H5.Na/c11-14(12,13)10-7-3-5-8-4-1-2-6-9(8)10;1-2;/h1-7H,(H,11,12,13);1H2,2H3;. The molecule has 0 fully saturated rings. The van der Waals surface area contributed by atoms with Crippen molar-refractivity contribution in [3.8, 4) is 0 Å². The third kappa shape index (κ3) is 4.08. The number of benzene rings is 2. The number of rotatable bonds is 1. The van der Waals surface area contributed by atoms with Gasteiger partial charge in [0.1, 0.15) is 4.90 Å². The van der Waals surface area contributed by atoms with Crippen LogP contribution in [0.15, 0.2) is 47.4 Å². The molecule has 2 aromatic rings. The van der Waals surface area contributed by atoms with Gasteiger partial charge in [0.25, 0.3) is 10.1 Å². The first kappa shape index (κ1) is 14.7. The van der Waals surface area contributed by atoms with Crippen LogP contribution < -0.4 is 0 Å². The van der Waals surface area contributed by atoms with E-state index in [2.05, 4.69) is 6.92 Å². The molecule has 0 aliphatic heterocycles. The van der Waals surface area contributed by atoms with Crippen LogP contribution in [0.2, 0.25) is 3.67 Å². The summed E-state index contributed by atoms with van der Waals surface area (Å²) in [6.45, 7) is 2.19. The average molecular weight is 260 g/mol. The summed E-state index contributed by atoms with van der Waals surface area (Å²) in [4.78, 5) is -0.0457. The van der Waals surface area contributed by atoms with E-state index in [0.29, 0.717) is 5.39 Å². The fourth-order valence-corrected chi connectivity index (χ4v) is 2.13. The van der Waals surface area contributed by atoms with Gasteiger partial charge in [0.15, 0.2) is 0 Å². The Kier molecular flexibility index (Phi) is 5.62. The van der Waals surface area contributed by atoms with Crippen molar-refractivity contribution in [3.63, 3.8) is 0 Å². The molecule has 0 aliphatic carbocycles. The first-order chi connectivity index (χ1) is 8.00. The predicted octanol–water partition coefficient (Wildman–Crippen LogP) is 2.68. The Bertz CT molecular complexity index is 588. The second-order valence-corrected chi connectivity index (χ2v) is 6.46. The van der Waals surface area contributed by atoms with Crippen LogP contribution in [0, 0.1) is 0 Å². The van der Waals surface area contributed by atoms with E-state index in [9.17, 15) is 8.42 Å². The first-order valence-corrected chi connectivity index (χ1v) is 8.31. The molecule has 2 aromatic carbocycles. The van der Waals surface area contributed by atoms with Crippen molar-refractivity contribution in [2.45, 2.75) is 15.5 Å². The van der Waals surface area contributed by atoms with E-state index < -0.39 is 10.1 Å². The third-order valence-corrected chi connectivity index (χ3v) is 2.94. The monoisotopic (exact) mass is 260 g/mol. The van der Waals surface area contributed by atoms with Crippen molar-refractivity contribution >= 4 is 48.8 Å². The molecule has 0 bridgehead atoms. The van der Waals surface area contributed by atoms with Crippen LogP contribution in [0.5, 0.6) is 0 Å². The van der Waals surface area contributed by atoms with Crippen LogP contribution in [0.1, 0.15) is 6.92 Å². The van der Waals surface area contributed by atoms with Crippen LogP contribution in [0.25, 0.3) is 10.8 Å². The topological polar surface area (TPSA) is 54.4 Å². The summed E-state index contributed by atoms with van der Waals surface area (Å²) < 4.78 is 32.4. The summed E-state index contributed by atoms with van der Waals surface area (Å²) in [6, 6.07) is 11.8.